The van der Waals surface area contributed by atoms with Gasteiger partial charge in [0, 0.05) is 39.5 Å². The number of pyridine rings is 2. The minimum Gasteiger partial charge on any atom is -0.478 e. The maximum absolute atomic E-state index is 11.2. The molecular weight excluding hydrogens is 332 g/mol. The van der Waals surface area contributed by atoms with E-state index in [1.807, 2.05) is 26.1 Å². The lowest BCUT2D eigenvalue weighted by molar-refractivity contribution is 0.0697. The summed E-state index contributed by atoms with van der Waals surface area (Å²) in [6.45, 7) is 6.05. The number of hydrogen-bond acceptors (Lipinski definition) is 4. The second-order valence-electron chi connectivity index (χ2n) is 5.39. The molecule has 0 radical (unpaired) electrons. The highest BCUT2D eigenvalue weighted by Gasteiger charge is 2.14. The second-order valence-corrected chi connectivity index (χ2v) is 6.13. The first kappa shape index (κ1) is 17.0. The van der Waals surface area contributed by atoms with Gasteiger partial charge in [-0.25, -0.2) is 9.78 Å². The van der Waals surface area contributed by atoms with Crippen molar-refractivity contribution in [2.75, 3.05) is 0 Å². The fraction of sp³-hybridized carbons (Fsp3) is 0.150. The number of benzene rings is 1. The topological polar surface area (TPSA) is 63.1 Å². The average Bonchev–Trinajstić information content (AvgIpc) is 3.08. The Balaban J connectivity index is 0.000000880. The SMILES string of the molecule is CC.Cc1cscc1-c1nc2cc(C(=O)O)ccc2c2cnccc12. The molecule has 0 amide bonds. The number of aromatic carboxylic acids is 1. The summed E-state index contributed by atoms with van der Waals surface area (Å²) in [6.07, 6.45) is 3.57. The molecule has 5 heteroatoms. The van der Waals surface area contributed by atoms with Crippen LogP contribution >= 0.6 is 11.3 Å². The molecule has 0 saturated heterocycles. The van der Waals surface area contributed by atoms with Gasteiger partial charge >= 0.3 is 5.97 Å². The number of aryl methyl sites for hydroxylation is 1. The van der Waals surface area contributed by atoms with Crippen molar-refractivity contribution in [3.8, 4) is 11.3 Å². The van der Waals surface area contributed by atoms with E-state index in [1.54, 1.807) is 35.7 Å². The number of fused-ring (bicyclic) bond motifs is 3. The molecule has 1 aromatic carbocycles. The van der Waals surface area contributed by atoms with Crippen LogP contribution in [0.2, 0.25) is 0 Å². The van der Waals surface area contributed by atoms with E-state index in [0.717, 1.165) is 33.0 Å². The fourth-order valence-electron chi connectivity index (χ4n) is 2.79. The van der Waals surface area contributed by atoms with E-state index < -0.39 is 5.97 Å². The maximum atomic E-state index is 11.2. The van der Waals surface area contributed by atoms with Gasteiger partial charge in [0.2, 0.25) is 0 Å². The summed E-state index contributed by atoms with van der Waals surface area (Å²) in [5.74, 6) is -0.951. The third-order valence-electron chi connectivity index (χ3n) is 3.95. The van der Waals surface area contributed by atoms with E-state index in [0.29, 0.717) is 5.52 Å². The van der Waals surface area contributed by atoms with Gasteiger partial charge in [0.15, 0.2) is 0 Å². The molecule has 0 aliphatic heterocycles. The molecule has 4 nitrogen and oxygen atoms in total. The normalized spacial score (nSPS) is 10.5. The Morgan fingerprint density at radius 1 is 1.08 bits per heavy atom. The van der Waals surface area contributed by atoms with Crippen molar-refractivity contribution in [3.63, 3.8) is 0 Å². The van der Waals surface area contributed by atoms with Crippen LogP contribution in [-0.4, -0.2) is 21.0 Å². The van der Waals surface area contributed by atoms with Gasteiger partial charge in [-0.15, -0.1) is 0 Å². The van der Waals surface area contributed by atoms with E-state index in [4.69, 9.17) is 4.98 Å². The minimum atomic E-state index is -0.951. The Morgan fingerprint density at radius 3 is 2.56 bits per heavy atom. The highest BCUT2D eigenvalue weighted by molar-refractivity contribution is 7.08. The zero-order chi connectivity index (χ0) is 18.0. The van der Waals surface area contributed by atoms with Crippen LogP contribution in [0.1, 0.15) is 29.8 Å². The summed E-state index contributed by atoms with van der Waals surface area (Å²) in [6, 6.07) is 6.99. The number of hydrogen-bond donors (Lipinski definition) is 1. The summed E-state index contributed by atoms with van der Waals surface area (Å²) in [5, 5.41) is 16.3. The fourth-order valence-corrected chi connectivity index (χ4v) is 3.62. The quantitative estimate of drug-likeness (QED) is 0.482. The predicted molar refractivity (Wildman–Crippen MR) is 103 cm³/mol. The average molecular weight is 350 g/mol. The van der Waals surface area contributed by atoms with Crippen LogP contribution in [0, 0.1) is 6.92 Å². The van der Waals surface area contributed by atoms with Crippen molar-refractivity contribution in [1.29, 1.82) is 0 Å². The highest BCUT2D eigenvalue weighted by atomic mass is 32.1. The van der Waals surface area contributed by atoms with Gasteiger partial charge in [-0.05, 0) is 36.1 Å². The molecule has 0 unspecified atom stereocenters. The van der Waals surface area contributed by atoms with E-state index in [9.17, 15) is 9.90 Å². The largest absolute Gasteiger partial charge is 0.478 e. The highest BCUT2D eigenvalue weighted by Crippen LogP contribution is 2.34. The van der Waals surface area contributed by atoms with Crippen LogP contribution in [0.4, 0.5) is 0 Å². The number of rotatable bonds is 2. The van der Waals surface area contributed by atoms with Crippen LogP contribution in [0.5, 0.6) is 0 Å². The Labute approximate surface area is 149 Å². The molecule has 0 fully saturated rings. The third kappa shape index (κ3) is 2.98. The van der Waals surface area contributed by atoms with Gasteiger partial charge < -0.3 is 5.11 Å². The molecule has 126 valence electrons. The molecule has 4 aromatic rings. The van der Waals surface area contributed by atoms with Crippen molar-refractivity contribution in [1.82, 2.24) is 9.97 Å². The van der Waals surface area contributed by atoms with Gasteiger partial charge in [-0.2, -0.15) is 11.3 Å². The van der Waals surface area contributed by atoms with Gasteiger partial charge in [0.25, 0.3) is 0 Å². The smallest absolute Gasteiger partial charge is 0.335 e. The molecule has 0 spiro atoms. The standard InChI is InChI=1S/C18H12N2O2S.C2H6/c1-10-8-23-9-15(10)17-13-4-5-19-7-14(13)12-3-2-11(18(21)22)6-16(12)20-17;1-2/h2-9H,1H3,(H,21,22);1-2H3. The van der Waals surface area contributed by atoms with Gasteiger partial charge in [0.05, 0.1) is 16.8 Å². The van der Waals surface area contributed by atoms with Crippen molar-refractivity contribution < 1.29 is 9.90 Å². The van der Waals surface area contributed by atoms with E-state index in [1.165, 1.54) is 0 Å². The van der Waals surface area contributed by atoms with Crippen LogP contribution in [0.15, 0.2) is 47.4 Å². The molecule has 0 aliphatic carbocycles. The van der Waals surface area contributed by atoms with E-state index in [-0.39, 0.29) is 5.56 Å². The van der Waals surface area contributed by atoms with Crippen molar-refractivity contribution in [3.05, 3.63) is 58.5 Å². The monoisotopic (exact) mass is 350 g/mol. The maximum Gasteiger partial charge on any atom is 0.335 e. The summed E-state index contributed by atoms with van der Waals surface area (Å²) < 4.78 is 0. The molecule has 0 aliphatic rings. The number of thiophene rings is 1. The number of nitrogens with zero attached hydrogens (tertiary/aromatic N) is 2. The second kappa shape index (κ2) is 6.99. The Kier molecular flexibility index (Phi) is 4.76. The summed E-state index contributed by atoms with van der Waals surface area (Å²) in [7, 11) is 0. The molecular formula is C20H18N2O2S. The Bertz CT molecular complexity index is 1070. The summed E-state index contributed by atoms with van der Waals surface area (Å²) in [4.78, 5) is 20.2. The summed E-state index contributed by atoms with van der Waals surface area (Å²) in [5.41, 5.74) is 4.02. The van der Waals surface area contributed by atoms with Crippen molar-refractivity contribution in [2.24, 2.45) is 0 Å². The van der Waals surface area contributed by atoms with Crippen LogP contribution < -0.4 is 0 Å². The van der Waals surface area contributed by atoms with Gasteiger partial charge in [-0.1, -0.05) is 19.9 Å². The van der Waals surface area contributed by atoms with Crippen LogP contribution in [0.3, 0.4) is 0 Å². The molecule has 1 N–H and O–H groups in total. The molecule has 0 bridgehead atoms. The third-order valence-corrected chi connectivity index (χ3v) is 4.82. The summed E-state index contributed by atoms with van der Waals surface area (Å²) >= 11 is 1.63. The van der Waals surface area contributed by atoms with Crippen LogP contribution in [-0.2, 0) is 0 Å². The molecule has 0 saturated carbocycles. The first-order valence-corrected chi connectivity index (χ1v) is 9.03. The molecule has 0 atom stereocenters. The van der Waals surface area contributed by atoms with Crippen LogP contribution in [0.25, 0.3) is 32.9 Å². The lowest BCUT2D eigenvalue weighted by atomic mass is 10.0. The Morgan fingerprint density at radius 2 is 1.88 bits per heavy atom. The molecule has 3 aromatic heterocycles. The van der Waals surface area contributed by atoms with Gasteiger partial charge in [0.1, 0.15) is 0 Å². The van der Waals surface area contributed by atoms with Gasteiger partial charge in [-0.3, -0.25) is 4.98 Å². The zero-order valence-corrected chi connectivity index (χ0v) is 15.1. The number of carboxylic acid groups (broad SMARTS) is 1. The number of carboxylic acids is 1. The molecule has 4 rings (SSSR count). The van der Waals surface area contributed by atoms with Crippen molar-refractivity contribution in [2.45, 2.75) is 20.8 Å². The number of aromatic nitrogens is 2. The lowest BCUT2D eigenvalue weighted by Crippen LogP contribution is -1.97. The van der Waals surface area contributed by atoms with Crippen molar-refractivity contribution >= 4 is 39.0 Å². The first-order valence-electron chi connectivity index (χ1n) is 8.09. The number of carbonyl (C=O) groups is 1. The first-order chi connectivity index (χ1) is 12.1. The van der Waals surface area contributed by atoms with E-state index >= 15 is 0 Å². The van der Waals surface area contributed by atoms with E-state index in [2.05, 4.69) is 22.7 Å². The lowest BCUT2D eigenvalue weighted by Gasteiger charge is -2.10. The predicted octanol–water partition coefficient (Wildman–Crippen LogP) is 5.54. The Hall–Kier alpha value is -2.79. The molecule has 25 heavy (non-hydrogen) atoms. The molecule has 3 heterocycles. The minimum absolute atomic E-state index is 0.237. The zero-order valence-electron chi connectivity index (χ0n) is 14.3.